The Bertz CT molecular complexity index is 871. The van der Waals surface area contributed by atoms with Crippen LogP contribution in [0.4, 0.5) is 0 Å². The van der Waals surface area contributed by atoms with Crippen molar-refractivity contribution in [2.75, 3.05) is 0 Å². The molecule has 1 aromatic carbocycles. The van der Waals surface area contributed by atoms with Crippen LogP contribution in [0, 0.1) is 17.8 Å². The minimum absolute atomic E-state index is 0.103. The number of hydrogen-bond donors (Lipinski definition) is 6. The number of aromatic hydroxyl groups is 1. The lowest BCUT2D eigenvalue weighted by Gasteiger charge is -2.29. The third-order valence-electron chi connectivity index (χ3n) is 6.00. The van der Waals surface area contributed by atoms with Crippen molar-refractivity contribution in [2.45, 2.75) is 78.6 Å². The Hall–Kier alpha value is -3.14. The Morgan fingerprint density at radius 2 is 1.23 bits per heavy atom. The molecule has 0 saturated heterocycles. The molecule has 0 aliphatic heterocycles. The van der Waals surface area contributed by atoms with Crippen molar-refractivity contribution >= 4 is 23.7 Å². The summed E-state index contributed by atoms with van der Waals surface area (Å²) in [6.45, 7) is 10.5. The zero-order valence-corrected chi connectivity index (χ0v) is 21.4. The quantitative estimate of drug-likeness (QED) is 0.240. The normalized spacial score (nSPS) is 15.6. The predicted molar refractivity (Wildman–Crippen MR) is 132 cm³/mol. The van der Waals surface area contributed by atoms with Crippen molar-refractivity contribution in [3.05, 3.63) is 29.8 Å². The molecule has 0 aliphatic rings. The van der Waals surface area contributed by atoms with E-state index >= 15 is 0 Å². The number of hydrogen-bond acceptors (Lipinski definition) is 6. The van der Waals surface area contributed by atoms with Gasteiger partial charge in [-0.25, -0.2) is 4.79 Å². The van der Waals surface area contributed by atoms with E-state index in [2.05, 4.69) is 16.0 Å². The topological polar surface area (TPSA) is 171 Å². The molecule has 0 bridgehead atoms. The van der Waals surface area contributed by atoms with E-state index in [0.717, 1.165) is 5.56 Å². The van der Waals surface area contributed by atoms with Gasteiger partial charge in [0.15, 0.2) is 0 Å². The molecule has 1 aromatic rings. The number of phenols is 1. The number of carbonyl (C=O) groups excluding carboxylic acids is 3. The van der Waals surface area contributed by atoms with Crippen LogP contribution in [-0.4, -0.2) is 58.1 Å². The first-order valence-corrected chi connectivity index (χ1v) is 12.0. The number of phenolic OH excluding ortho intramolecular Hbond substituents is 1. The molecule has 0 aliphatic carbocycles. The van der Waals surface area contributed by atoms with Crippen molar-refractivity contribution in [2.24, 2.45) is 23.5 Å². The van der Waals surface area contributed by atoms with E-state index in [-0.39, 0.29) is 29.9 Å². The van der Waals surface area contributed by atoms with Crippen LogP contribution in [0.1, 0.15) is 53.5 Å². The van der Waals surface area contributed by atoms with Crippen LogP contribution in [0.2, 0.25) is 0 Å². The monoisotopic (exact) mass is 492 g/mol. The molecule has 5 unspecified atom stereocenters. The van der Waals surface area contributed by atoms with Crippen LogP contribution in [0.25, 0.3) is 0 Å². The minimum Gasteiger partial charge on any atom is -0.508 e. The third kappa shape index (κ3) is 9.20. The molecule has 7 N–H and O–H groups in total. The fraction of sp³-hybridized carbons (Fsp3) is 0.600. The van der Waals surface area contributed by atoms with Gasteiger partial charge in [-0.15, -0.1) is 0 Å². The van der Waals surface area contributed by atoms with Crippen LogP contribution >= 0.6 is 0 Å². The van der Waals surface area contributed by atoms with Gasteiger partial charge >= 0.3 is 5.97 Å². The largest absolute Gasteiger partial charge is 0.508 e. The molecular weight excluding hydrogens is 452 g/mol. The average molecular weight is 493 g/mol. The van der Waals surface area contributed by atoms with Gasteiger partial charge in [-0.2, -0.15) is 0 Å². The number of carboxylic acids is 1. The van der Waals surface area contributed by atoms with Gasteiger partial charge < -0.3 is 31.9 Å². The highest BCUT2D eigenvalue weighted by atomic mass is 16.4. The Morgan fingerprint density at radius 1 is 0.800 bits per heavy atom. The predicted octanol–water partition coefficient (Wildman–Crippen LogP) is 1.16. The van der Waals surface area contributed by atoms with Gasteiger partial charge in [0, 0.05) is 0 Å². The molecular formula is C25H40N4O6. The van der Waals surface area contributed by atoms with E-state index in [1.54, 1.807) is 46.8 Å². The van der Waals surface area contributed by atoms with E-state index in [9.17, 15) is 29.4 Å². The van der Waals surface area contributed by atoms with Crippen LogP contribution in [0.15, 0.2) is 24.3 Å². The molecule has 0 heterocycles. The minimum atomic E-state index is -1.14. The molecule has 196 valence electrons. The zero-order chi connectivity index (χ0) is 26.9. The van der Waals surface area contributed by atoms with Crippen LogP contribution in [0.3, 0.4) is 0 Å². The van der Waals surface area contributed by atoms with Gasteiger partial charge in [-0.1, -0.05) is 60.1 Å². The van der Waals surface area contributed by atoms with E-state index in [1.165, 1.54) is 12.1 Å². The number of amides is 3. The fourth-order valence-electron chi connectivity index (χ4n) is 3.48. The molecule has 0 aromatic heterocycles. The van der Waals surface area contributed by atoms with Gasteiger partial charge in [0.05, 0.1) is 6.04 Å². The highest BCUT2D eigenvalue weighted by Crippen LogP contribution is 2.13. The smallest absolute Gasteiger partial charge is 0.326 e. The van der Waals surface area contributed by atoms with Crippen molar-refractivity contribution in [1.29, 1.82) is 0 Å². The van der Waals surface area contributed by atoms with Crippen LogP contribution in [0.5, 0.6) is 5.75 Å². The molecule has 5 atom stereocenters. The second-order valence-electron chi connectivity index (χ2n) is 9.65. The number of aliphatic carboxylic acids is 1. The SMILES string of the molecule is CCC(C)C(NC(=O)C(NC(=O)C(NC(=O)C(N)Cc1ccc(O)cc1)C(C)C)C(C)C)C(=O)O. The summed E-state index contributed by atoms with van der Waals surface area (Å²) in [5.74, 6) is -3.65. The van der Waals surface area contributed by atoms with E-state index < -0.39 is 47.9 Å². The van der Waals surface area contributed by atoms with Gasteiger partial charge in [0.25, 0.3) is 0 Å². The van der Waals surface area contributed by atoms with Crippen molar-refractivity contribution in [1.82, 2.24) is 16.0 Å². The first-order valence-electron chi connectivity index (χ1n) is 12.0. The number of carboxylic acid groups (broad SMARTS) is 1. The standard InChI is InChI=1S/C25H40N4O6/c1-7-15(6)21(25(34)35)29-24(33)20(14(4)5)28-23(32)19(13(2)3)27-22(31)18(26)12-16-8-10-17(30)11-9-16/h8-11,13-15,18-21,30H,7,12,26H2,1-6H3,(H,27,31)(H,28,32)(H,29,33)(H,34,35). The maximum Gasteiger partial charge on any atom is 0.326 e. The molecule has 0 spiro atoms. The van der Waals surface area contributed by atoms with Gasteiger partial charge in [-0.3, -0.25) is 14.4 Å². The Morgan fingerprint density at radius 3 is 1.63 bits per heavy atom. The summed E-state index contributed by atoms with van der Waals surface area (Å²) in [6.07, 6.45) is 0.767. The fourth-order valence-corrected chi connectivity index (χ4v) is 3.48. The maximum absolute atomic E-state index is 13.1. The van der Waals surface area contributed by atoms with Gasteiger partial charge in [0.1, 0.15) is 23.9 Å². The molecule has 3 amide bonds. The van der Waals surface area contributed by atoms with Gasteiger partial charge in [0.2, 0.25) is 17.7 Å². The number of nitrogens with one attached hydrogen (secondary N) is 3. The summed E-state index contributed by atoms with van der Waals surface area (Å²) in [5, 5.41) is 26.7. The first-order chi connectivity index (χ1) is 16.3. The molecule has 10 heteroatoms. The number of nitrogens with two attached hydrogens (primary N) is 1. The molecule has 35 heavy (non-hydrogen) atoms. The lowest BCUT2D eigenvalue weighted by molar-refractivity contribution is -0.144. The second-order valence-corrected chi connectivity index (χ2v) is 9.65. The summed E-state index contributed by atoms with van der Waals surface area (Å²) >= 11 is 0. The number of carbonyl (C=O) groups is 4. The lowest BCUT2D eigenvalue weighted by atomic mass is 9.96. The second kappa shape index (κ2) is 13.7. The van der Waals surface area contributed by atoms with Crippen molar-refractivity contribution < 1.29 is 29.4 Å². The Balaban J connectivity index is 2.90. The zero-order valence-electron chi connectivity index (χ0n) is 21.4. The third-order valence-corrected chi connectivity index (χ3v) is 6.00. The van der Waals surface area contributed by atoms with Crippen molar-refractivity contribution in [3.8, 4) is 5.75 Å². The number of rotatable bonds is 13. The van der Waals surface area contributed by atoms with E-state index in [4.69, 9.17) is 5.73 Å². The van der Waals surface area contributed by atoms with Crippen molar-refractivity contribution in [3.63, 3.8) is 0 Å². The highest BCUT2D eigenvalue weighted by molar-refractivity contribution is 5.94. The molecule has 0 fully saturated rings. The number of benzene rings is 1. The van der Waals surface area contributed by atoms with Crippen LogP contribution in [-0.2, 0) is 25.6 Å². The Labute approximate surface area is 207 Å². The molecule has 1 rings (SSSR count). The van der Waals surface area contributed by atoms with E-state index in [0.29, 0.717) is 6.42 Å². The average Bonchev–Trinajstić information content (AvgIpc) is 2.79. The summed E-state index contributed by atoms with van der Waals surface area (Å²) < 4.78 is 0. The molecule has 0 saturated carbocycles. The summed E-state index contributed by atoms with van der Waals surface area (Å²) in [7, 11) is 0. The van der Waals surface area contributed by atoms with Gasteiger partial charge in [-0.05, 0) is 41.9 Å². The van der Waals surface area contributed by atoms with E-state index in [1.807, 2.05) is 6.92 Å². The van der Waals surface area contributed by atoms with Crippen LogP contribution < -0.4 is 21.7 Å². The molecule has 0 radical (unpaired) electrons. The Kier molecular flexibility index (Phi) is 11.7. The summed E-state index contributed by atoms with van der Waals surface area (Å²) in [4.78, 5) is 50.3. The lowest BCUT2D eigenvalue weighted by Crippen LogP contribution is -2.60. The molecule has 10 nitrogen and oxygen atoms in total. The highest BCUT2D eigenvalue weighted by Gasteiger charge is 2.34. The maximum atomic E-state index is 13.1. The summed E-state index contributed by atoms with van der Waals surface area (Å²) in [6, 6.07) is 2.36. The first kappa shape index (κ1) is 29.9. The summed E-state index contributed by atoms with van der Waals surface area (Å²) in [5.41, 5.74) is 6.78.